The number of methoxy groups -OCH3 is 1. The Bertz CT molecular complexity index is 455. The summed E-state index contributed by atoms with van der Waals surface area (Å²) in [7, 11) is 1.36. The predicted octanol–water partition coefficient (Wildman–Crippen LogP) is 2.13. The van der Waals surface area contributed by atoms with Gasteiger partial charge in [0.1, 0.15) is 0 Å². The molecule has 2 aromatic heterocycles. The molecule has 0 amide bonds. The van der Waals surface area contributed by atoms with Crippen LogP contribution in [0.2, 0.25) is 0 Å². The Morgan fingerprint density at radius 2 is 2.40 bits per heavy atom. The van der Waals surface area contributed by atoms with Crippen LogP contribution in [-0.4, -0.2) is 22.5 Å². The number of thiazole rings is 1. The molecule has 80 valence electrons. The second-order valence-electron chi connectivity index (χ2n) is 3.26. The summed E-state index contributed by atoms with van der Waals surface area (Å²) in [6.45, 7) is 2.14. The number of carbonyl (C=O) groups excluding carboxylic acids is 1. The maximum atomic E-state index is 11.2. The van der Waals surface area contributed by atoms with Gasteiger partial charge in [0.25, 0.3) is 0 Å². The molecule has 15 heavy (non-hydrogen) atoms. The van der Waals surface area contributed by atoms with Gasteiger partial charge in [0.15, 0.2) is 10.7 Å². The maximum Gasteiger partial charge on any atom is 0.358 e. The first-order chi connectivity index (χ1) is 7.24. The van der Waals surface area contributed by atoms with E-state index in [1.54, 1.807) is 17.5 Å². The fourth-order valence-electron chi connectivity index (χ4n) is 1.41. The standard InChI is InChI=1S/C10H12N2O2S/c1-3-4-7-5-12-6-8(9(13)14-2)11-10(12)15-7/h5-6H,3-4H2,1-2H3. The molecule has 0 fully saturated rings. The lowest BCUT2D eigenvalue weighted by Gasteiger charge is -1.91. The van der Waals surface area contributed by atoms with Crippen LogP contribution in [0.5, 0.6) is 0 Å². The molecule has 0 aliphatic rings. The first-order valence-corrected chi connectivity index (χ1v) is 5.62. The second kappa shape index (κ2) is 4.02. The molecule has 0 spiro atoms. The summed E-state index contributed by atoms with van der Waals surface area (Å²) in [5.41, 5.74) is 0.367. The zero-order valence-corrected chi connectivity index (χ0v) is 9.50. The maximum absolute atomic E-state index is 11.2. The number of ether oxygens (including phenoxy) is 1. The van der Waals surface area contributed by atoms with Crippen LogP contribution in [-0.2, 0) is 11.2 Å². The lowest BCUT2D eigenvalue weighted by Crippen LogP contribution is -2.00. The highest BCUT2D eigenvalue weighted by Crippen LogP contribution is 2.19. The molecule has 2 aromatic rings. The highest BCUT2D eigenvalue weighted by atomic mass is 32.1. The zero-order valence-electron chi connectivity index (χ0n) is 8.69. The van der Waals surface area contributed by atoms with E-state index in [4.69, 9.17) is 0 Å². The van der Waals surface area contributed by atoms with Crippen LogP contribution < -0.4 is 0 Å². The van der Waals surface area contributed by atoms with Crippen LogP contribution in [0.15, 0.2) is 12.4 Å². The number of hydrogen-bond donors (Lipinski definition) is 0. The molecule has 2 rings (SSSR count). The van der Waals surface area contributed by atoms with Crippen LogP contribution >= 0.6 is 11.3 Å². The van der Waals surface area contributed by atoms with Gasteiger partial charge in [0.05, 0.1) is 7.11 Å². The third kappa shape index (κ3) is 1.87. The van der Waals surface area contributed by atoms with Crippen LogP contribution in [0.1, 0.15) is 28.7 Å². The number of nitrogens with zero attached hydrogens (tertiary/aromatic N) is 2. The van der Waals surface area contributed by atoms with E-state index in [1.165, 1.54) is 12.0 Å². The van der Waals surface area contributed by atoms with Gasteiger partial charge in [-0.25, -0.2) is 9.78 Å². The smallest absolute Gasteiger partial charge is 0.358 e. The molecule has 4 nitrogen and oxygen atoms in total. The minimum absolute atomic E-state index is 0.367. The molecular weight excluding hydrogens is 212 g/mol. The molecule has 0 unspecified atom stereocenters. The monoisotopic (exact) mass is 224 g/mol. The Kier molecular flexibility index (Phi) is 2.73. The van der Waals surface area contributed by atoms with Crippen molar-refractivity contribution < 1.29 is 9.53 Å². The SMILES string of the molecule is CCCc1cn2cc(C(=O)OC)nc2s1. The summed E-state index contributed by atoms with van der Waals surface area (Å²) < 4.78 is 6.48. The topological polar surface area (TPSA) is 43.6 Å². The molecule has 0 N–H and O–H groups in total. The van der Waals surface area contributed by atoms with Crippen molar-refractivity contribution in [2.75, 3.05) is 7.11 Å². The minimum atomic E-state index is -0.386. The number of hydrogen-bond acceptors (Lipinski definition) is 4. The summed E-state index contributed by atoms with van der Waals surface area (Å²) in [6.07, 6.45) is 5.90. The van der Waals surface area contributed by atoms with E-state index in [-0.39, 0.29) is 5.97 Å². The molecule has 0 aliphatic carbocycles. The third-order valence-corrected chi connectivity index (χ3v) is 3.15. The van der Waals surface area contributed by atoms with Gasteiger partial charge in [0, 0.05) is 17.3 Å². The zero-order chi connectivity index (χ0) is 10.8. The average molecular weight is 224 g/mol. The summed E-state index contributed by atoms with van der Waals surface area (Å²) in [6, 6.07) is 0. The first-order valence-electron chi connectivity index (χ1n) is 4.80. The summed E-state index contributed by atoms with van der Waals surface area (Å²) in [5, 5.41) is 0. The Hall–Kier alpha value is -1.36. The van der Waals surface area contributed by atoms with Crippen molar-refractivity contribution >= 4 is 22.3 Å². The number of aromatic nitrogens is 2. The molecule has 0 aromatic carbocycles. The molecule has 0 saturated carbocycles. The Morgan fingerprint density at radius 3 is 3.00 bits per heavy atom. The van der Waals surface area contributed by atoms with Crippen molar-refractivity contribution in [3.8, 4) is 0 Å². The molecule has 0 atom stereocenters. The van der Waals surface area contributed by atoms with Gasteiger partial charge in [0.2, 0.25) is 0 Å². The van der Waals surface area contributed by atoms with Gasteiger partial charge >= 0.3 is 5.97 Å². The van der Waals surface area contributed by atoms with Crippen LogP contribution in [0, 0.1) is 0 Å². The average Bonchev–Trinajstić information content (AvgIpc) is 2.74. The fourth-order valence-corrected chi connectivity index (χ4v) is 2.47. The van der Waals surface area contributed by atoms with Gasteiger partial charge in [-0.1, -0.05) is 13.3 Å². The highest BCUT2D eigenvalue weighted by Gasteiger charge is 2.12. The van der Waals surface area contributed by atoms with E-state index in [9.17, 15) is 4.79 Å². The Labute approximate surface area is 91.5 Å². The van der Waals surface area contributed by atoms with E-state index < -0.39 is 0 Å². The molecule has 0 radical (unpaired) electrons. The fraction of sp³-hybridized carbons (Fsp3) is 0.400. The number of carbonyl (C=O) groups is 1. The predicted molar refractivity (Wildman–Crippen MR) is 58.4 cm³/mol. The number of esters is 1. The van der Waals surface area contributed by atoms with Gasteiger partial charge in [-0.15, -0.1) is 11.3 Å². The number of imidazole rings is 1. The van der Waals surface area contributed by atoms with Gasteiger partial charge in [-0.05, 0) is 6.42 Å². The molecule has 2 heterocycles. The first kappa shape index (κ1) is 10.2. The second-order valence-corrected chi connectivity index (χ2v) is 4.35. The van der Waals surface area contributed by atoms with E-state index in [0.29, 0.717) is 5.69 Å². The normalized spacial score (nSPS) is 10.8. The molecule has 5 heteroatoms. The van der Waals surface area contributed by atoms with Crippen molar-refractivity contribution in [1.82, 2.24) is 9.38 Å². The summed E-state index contributed by atoms with van der Waals surface area (Å²) >= 11 is 1.61. The van der Waals surface area contributed by atoms with Crippen LogP contribution in [0.4, 0.5) is 0 Å². The van der Waals surface area contributed by atoms with Crippen molar-refractivity contribution in [3.63, 3.8) is 0 Å². The molecule has 0 saturated heterocycles. The third-order valence-electron chi connectivity index (χ3n) is 2.09. The minimum Gasteiger partial charge on any atom is -0.464 e. The van der Waals surface area contributed by atoms with Crippen LogP contribution in [0.3, 0.4) is 0 Å². The summed E-state index contributed by atoms with van der Waals surface area (Å²) in [4.78, 5) is 17.5. The Morgan fingerprint density at radius 1 is 1.60 bits per heavy atom. The number of rotatable bonds is 3. The number of aryl methyl sites for hydroxylation is 1. The van der Waals surface area contributed by atoms with E-state index in [0.717, 1.165) is 17.8 Å². The molecular formula is C10H12N2O2S. The quantitative estimate of drug-likeness (QED) is 0.750. The lowest BCUT2D eigenvalue weighted by molar-refractivity contribution is 0.0595. The van der Waals surface area contributed by atoms with Gasteiger partial charge in [-0.2, -0.15) is 0 Å². The highest BCUT2D eigenvalue weighted by molar-refractivity contribution is 7.17. The lowest BCUT2D eigenvalue weighted by atomic mass is 10.3. The summed E-state index contributed by atoms with van der Waals surface area (Å²) in [5.74, 6) is -0.386. The van der Waals surface area contributed by atoms with E-state index in [2.05, 4.69) is 16.6 Å². The van der Waals surface area contributed by atoms with Gasteiger partial charge in [-0.3, -0.25) is 4.40 Å². The van der Waals surface area contributed by atoms with E-state index >= 15 is 0 Å². The van der Waals surface area contributed by atoms with Gasteiger partial charge < -0.3 is 4.74 Å². The largest absolute Gasteiger partial charge is 0.464 e. The van der Waals surface area contributed by atoms with E-state index in [1.807, 2.05) is 10.6 Å². The van der Waals surface area contributed by atoms with Crippen molar-refractivity contribution in [3.05, 3.63) is 23.0 Å². The molecule has 0 aliphatic heterocycles. The van der Waals surface area contributed by atoms with Crippen molar-refractivity contribution in [2.24, 2.45) is 0 Å². The van der Waals surface area contributed by atoms with Crippen LogP contribution in [0.25, 0.3) is 4.96 Å². The van der Waals surface area contributed by atoms with Crippen molar-refractivity contribution in [2.45, 2.75) is 19.8 Å². The number of fused-ring (bicyclic) bond motifs is 1. The molecule has 0 bridgehead atoms. The van der Waals surface area contributed by atoms with Crippen molar-refractivity contribution in [1.29, 1.82) is 0 Å². The Balaban J connectivity index is 2.34.